The molecular formula is C9H10N2O. The van der Waals surface area contributed by atoms with Crippen LogP contribution in [-0.2, 0) is 6.42 Å². The minimum Gasteiger partial charge on any atom is -0.443 e. The summed E-state index contributed by atoms with van der Waals surface area (Å²) in [6.07, 6.45) is 2.33. The van der Waals surface area contributed by atoms with E-state index in [1.807, 2.05) is 12.1 Å². The number of benzene rings is 1. The third-order valence-corrected chi connectivity index (χ3v) is 2.00. The number of aromatic nitrogens is 1. The molecule has 0 aliphatic rings. The molecule has 0 unspecified atom stereocenters. The van der Waals surface area contributed by atoms with Gasteiger partial charge >= 0.3 is 0 Å². The highest BCUT2D eigenvalue weighted by Crippen LogP contribution is 2.22. The fourth-order valence-electron chi connectivity index (χ4n) is 1.37. The lowest BCUT2D eigenvalue weighted by Crippen LogP contribution is -1.93. The Balaban J connectivity index is 2.83. The van der Waals surface area contributed by atoms with Crippen molar-refractivity contribution in [1.29, 1.82) is 0 Å². The van der Waals surface area contributed by atoms with Crippen molar-refractivity contribution in [3.8, 4) is 0 Å². The predicted molar refractivity (Wildman–Crippen MR) is 47.8 cm³/mol. The predicted octanol–water partition coefficient (Wildman–Crippen LogP) is 1.97. The molecule has 1 heterocycles. The highest BCUT2D eigenvalue weighted by atomic mass is 16.3. The maximum absolute atomic E-state index is 5.77. The van der Waals surface area contributed by atoms with Crippen LogP contribution in [0, 0.1) is 0 Å². The summed E-state index contributed by atoms with van der Waals surface area (Å²) in [5, 5.41) is 0. The van der Waals surface area contributed by atoms with Gasteiger partial charge in [-0.25, -0.2) is 4.98 Å². The summed E-state index contributed by atoms with van der Waals surface area (Å²) in [5.74, 6) is 0. The topological polar surface area (TPSA) is 52.0 Å². The molecule has 3 heteroatoms. The fraction of sp³-hybridized carbons (Fsp3) is 0.222. The van der Waals surface area contributed by atoms with Crippen molar-refractivity contribution in [2.45, 2.75) is 13.3 Å². The number of aryl methyl sites for hydroxylation is 1. The van der Waals surface area contributed by atoms with Crippen LogP contribution < -0.4 is 5.73 Å². The van der Waals surface area contributed by atoms with Crippen molar-refractivity contribution in [3.63, 3.8) is 0 Å². The lowest BCUT2D eigenvalue weighted by atomic mass is 10.1. The second-order valence-electron chi connectivity index (χ2n) is 2.69. The van der Waals surface area contributed by atoms with Crippen LogP contribution in [0.25, 0.3) is 11.1 Å². The van der Waals surface area contributed by atoms with Gasteiger partial charge in [-0.05, 0) is 18.6 Å². The van der Waals surface area contributed by atoms with Crippen LogP contribution in [0.15, 0.2) is 22.9 Å². The van der Waals surface area contributed by atoms with Crippen LogP contribution in [0.5, 0.6) is 0 Å². The van der Waals surface area contributed by atoms with E-state index in [9.17, 15) is 0 Å². The van der Waals surface area contributed by atoms with Gasteiger partial charge in [0.1, 0.15) is 5.52 Å². The molecule has 0 aliphatic heterocycles. The molecule has 12 heavy (non-hydrogen) atoms. The number of nitrogens with two attached hydrogens (primary N) is 1. The Morgan fingerprint density at radius 1 is 1.50 bits per heavy atom. The number of hydrogen-bond donors (Lipinski definition) is 1. The van der Waals surface area contributed by atoms with Crippen LogP contribution in [0.1, 0.15) is 12.5 Å². The summed E-state index contributed by atoms with van der Waals surface area (Å²) in [6.45, 7) is 2.06. The zero-order chi connectivity index (χ0) is 8.55. The van der Waals surface area contributed by atoms with Crippen molar-refractivity contribution in [2.24, 2.45) is 0 Å². The van der Waals surface area contributed by atoms with Gasteiger partial charge in [-0.3, -0.25) is 0 Å². The second-order valence-corrected chi connectivity index (χ2v) is 2.69. The molecule has 0 spiro atoms. The molecule has 2 aromatic rings. The third-order valence-electron chi connectivity index (χ3n) is 2.00. The second kappa shape index (κ2) is 2.52. The molecule has 0 saturated heterocycles. The number of rotatable bonds is 1. The number of anilines is 1. The SMILES string of the molecule is CCc1c(N)ccc2ocnc12. The average molecular weight is 162 g/mol. The van der Waals surface area contributed by atoms with Gasteiger partial charge in [-0.2, -0.15) is 0 Å². The average Bonchev–Trinajstić information content (AvgIpc) is 2.52. The Morgan fingerprint density at radius 2 is 2.33 bits per heavy atom. The zero-order valence-corrected chi connectivity index (χ0v) is 6.87. The Bertz CT molecular complexity index is 406. The van der Waals surface area contributed by atoms with Gasteiger partial charge in [-0.15, -0.1) is 0 Å². The lowest BCUT2D eigenvalue weighted by Gasteiger charge is -2.00. The smallest absolute Gasteiger partial charge is 0.181 e. The molecule has 3 nitrogen and oxygen atoms in total. The Kier molecular flexibility index (Phi) is 1.50. The van der Waals surface area contributed by atoms with Gasteiger partial charge in [0.15, 0.2) is 12.0 Å². The van der Waals surface area contributed by atoms with Crippen molar-refractivity contribution in [1.82, 2.24) is 4.98 Å². The van der Waals surface area contributed by atoms with Gasteiger partial charge < -0.3 is 10.2 Å². The summed E-state index contributed by atoms with van der Waals surface area (Å²) in [4.78, 5) is 4.10. The van der Waals surface area contributed by atoms with E-state index in [1.165, 1.54) is 6.39 Å². The molecule has 0 radical (unpaired) electrons. The third kappa shape index (κ3) is 0.863. The highest BCUT2D eigenvalue weighted by molar-refractivity contribution is 5.81. The molecule has 0 atom stereocenters. The molecule has 0 bridgehead atoms. The van der Waals surface area contributed by atoms with Crippen molar-refractivity contribution >= 4 is 16.8 Å². The van der Waals surface area contributed by atoms with Crippen LogP contribution >= 0.6 is 0 Å². The number of oxazole rings is 1. The van der Waals surface area contributed by atoms with Crippen LogP contribution in [-0.4, -0.2) is 4.98 Å². The molecule has 1 aromatic heterocycles. The molecule has 1 aromatic carbocycles. The van der Waals surface area contributed by atoms with E-state index >= 15 is 0 Å². The number of fused-ring (bicyclic) bond motifs is 1. The van der Waals surface area contributed by atoms with E-state index < -0.39 is 0 Å². The summed E-state index contributed by atoms with van der Waals surface area (Å²) >= 11 is 0. The molecule has 2 N–H and O–H groups in total. The van der Waals surface area contributed by atoms with Gasteiger partial charge in [0.05, 0.1) is 0 Å². The summed E-state index contributed by atoms with van der Waals surface area (Å²) < 4.78 is 5.15. The Hall–Kier alpha value is -1.51. The first-order valence-corrected chi connectivity index (χ1v) is 3.93. The van der Waals surface area contributed by atoms with Crippen molar-refractivity contribution in [2.75, 3.05) is 5.73 Å². The highest BCUT2D eigenvalue weighted by Gasteiger charge is 2.06. The summed E-state index contributed by atoms with van der Waals surface area (Å²) in [5.41, 5.74) is 9.33. The molecule has 0 aliphatic carbocycles. The van der Waals surface area contributed by atoms with E-state index in [0.29, 0.717) is 0 Å². The Morgan fingerprint density at radius 3 is 3.08 bits per heavy atom. The van der Waals surface area contributed by atoms with Gasteiger partial charge in [0.25, 0.3) is 0 Å². The van der Waals surface area contributed by atoms with E-state index in [2.05, 4.69) is 11.9 Å². The van der Waals surface area contributed by atoms with Crippen LogP contribution in [0.2, 0.25) is 0 Å². The summed E-state index contributed by atoms with van der Waals surface area (Å²) in [6, 6.07) is 3.70. The van der Waals surface area contributed by atoms with Crippen molar-refractivity contribution < 1.29 is 4.42 Å². The molecule has 62 valence electrons. The molecule has 0 saturated carbocycles. The molecule has 2 rings (SSSR count). The largest absolute Gasteiger partial charge is 0.443 e. The van der Waals surface area contributed by atoms with Crippen LogP contribution in [0.4, 0.5) is 5.69 Å². The van der Waals surface area contributed by atoms with E-state index in [1.54, 1.807) is 0 Å². The molecule has 0 fully saturated rings. The summed E-state index contributed by atoms with van der Waals surface area (Å²) in [7, 11) is 0. The van der Waals surface area contributed by atoms with E-state index in [0.717, 1.165) is 28.8 Å². The minimum absolute atomic E-state index is 0.791. The monoisotopic (exact) mass is 162 g/mol. The first-order valence-electron chi connectivity index (χ1n) is 3.93. The molecule has 0 amide bonds. The fourth-order valence-corrected chi connectivity index (χ4v) is 1.37. The maximum atomic E-state index is 5.77. The first-order chi connectivity index (χ1) is 5.83. The normalized spacial score (nSPS) is 10.8. The van der Waals surface area contributed by atoms with Gasteiger partial charge in [0, 0.05) is 11.3 Å². The van der Waals surface area contributed by atoms with E-state index in [4.69, 9.17) is 10.2 Å². The first kappa shape index (κ1) is 7.16. The lowest BCUT2D eigenvalue weighted by molar-refractivity contribution is 0.602. The van der Waals surface area contributed by atoms with E-state index in [-0.39, 0.29) is 0 Å². The zero-order valence-electron chi connectivity index (χ0n) is 6.87. The van der Waals surface area contributed by atoms with Gasteiger partial charge in [0.2, 0.25) is 0 Å². The van der Waals surface area contributed by atoms with Crippen molar-refractivity contribution in [3.05, 3.63) is 24.1 Å². The van der Waals surface area contributed by atoms with Crippen LogP contribution in [0.3, 0.4) is 0 Å². The number of nitrogen functional groups attached to an aromatic ring is 1. The Labute approximate surface area is 70.2 Å². The quantitative estimate of drug-likeness (QED) is 0.652. The standard InChI is InChI=1S/C9H10N2O/c1-2-6-7(10)3-4-8-9(6)11-5-12-8/h3-5H,2,10H2,1H3. The van der Waals surface area contributed by atoms with Gasteiger partial charge in [-0.1, -0.05) is 6.92 Å². The minimum atomic E-state index is 0.791. The molecular weight excluding hydrogens is 152 g/mol. The number of hydrogen-bond acceptors (Lipinski definition) is 3. The number of nitrogens with zero attached hydrogens (tertiary/aromatic N) is 1. The maximum Gasteiger partial charge on any atom is 0.181 e.